The predicted molar refractivity (Wildman–Crippen MR) is 100 cm³/mol. The molecule has 0 atom stereocenters. The Kier molecular flexibility index (Phi) is 5.42. The molecule has 0 aliphatic rings. The van der Waals surface area contributed by atoms with Crippen LogP contribution >= 0.6 is 0 Å². The summed E-state index contributed by atoms with van der Waals surface area (Å²) in [6.07, 6.45) is -4.74. The van der Waals surface area contributed by atoms with Gasteiger partial charge in [-0.25, -0.2) is 13.6 Å². The average molecular weight is 425 g/mol. The lowest BCUT2D eigenvalue weighted by Crippen LogP contribution is -2.16. The maximum absolute atomic E-state index is 13.2. The zero-order valence-corrected chi connectivity index (χ0v) is 16.4. The number of aryl methyl sites for hydroxylation is 2. The Labute approximate surface area is 165 Å². The highest BCUT2D eigenvalue weighted by Gasteiger charge is 2.36. The molecule has 0 saturated heterocycles. The van der Waals surface area contributed by atoms with E-state index in [4.69, 9.17) is 9.88 Å². The van der Waals surface area contributed by atoms with Gasteiger partial charge in [0.2, 0.25) is 15.9 Å². The standard InChI is InChI=1S/C19H18F3N3O3S/c1-12-7-13(2)9-14(8-12)11-28-18-10-17(19(20,21)22)24-25(18)15-5-3-4-6-16(15)29(23,26)27/h3-10H,11H2,1-2H3,(H2,23,26,27). The molecule has 1 heterocycles. The maximum atomic E-state index is 13.2. The first-order valence-electron chi connectivity index (χ1n) is 8.44. The van der Waals surface area contributed by atoms with Crippen molar-refractivity contribution >= 4 is 10.0 Å². The van der Waals surface area contributed by atoms with Crippen molar-refractivity contribution in [1.82, 2.24) is 9.78 Å². The minimum Gasteiger partial charge on any atom is -0.473 e. The predicted octanol–water partition coefficient (Wildman–Crippen LogP) is 3.73. The minimum absolute atomic E-state index is 0.0247. The number of aromatic nitrogens is 2. The van der Waals surface area contributed by atoms with Crippen molar-refractivity contribution in [2.24, 2.45) is 5.14 Å². The van der Waals surface area contributed by atoms with E-state index >= 15 is 0 Å². The third-order valence-corrected chi connectivity index (χ3v) is 4.99. The summed E-state index contributed by atoms with van der Waals surface area (Å²) in [5.74, 6) is -0.257. The number of sulfonamides is 1. The van der Waals surface area contributed by atoms with E-state index in [1.54, 1.807) is 0 Å². The zero-order chi connectivity index (χ0) is 21.4. The Balaban J connectivity index is 2.07. The van der Waals surface area contributed by atoms with Gasteiger partial charge in [-0.1, -0.05) is 41.5 Å². The van der Waals surface area contributed by atoms with Crippen LogP contribution < -0.4 is 9.88 Å². The summed E-state index contributed by atoms with van der Waals surface area (Å²) >= 11 is 0. The summed E-state index contributed by atoms with van der Waals surface area (Å²) in [5.41, 5.74) is 1.36. The van der Waals surface area contributed by atoms with Crippen molar-refractivity contribution in [3.63, 3.8) is 0 Å². The summed E-state index contributed by atoms with van der Waals surface area (Å²) in [6, 6.07) is 11.7. The van der Waals surface area contributed by atoms with Gasteiger partial charge in [0.1, 0.15) is 11.5 Å². The van der Waals surface area contributed by atoms with Crippen molar-refractivity contribution in [1.29, 1.82) is 0 Å². The lowest BCUT2D eigenvalue weighted by atomic mass is 10.1. The highest BCUT2D eigenvalue weighted by atomic mass is 32.2. The molecule has 0 aliphatic heterocycles. The number of nitrogens with zero attached hydrogens (tertiary/aromatic N) is 2. The van der Waals surface area contributed by atoms with Crippen LogP contribution in [-0.2, 0) is 22.8 Å². The van der Waals surface area contributed by atoms with E-state index in [0.29, 0.717) is 0 Å². The molecule has 29 heavy (non-hydrogen) atoms. The van der Waals surface area contributed by atoms with Crippen LogP contribution in [0.3, 0.4) is 0 Å². The summed E-state index contributed by atoms with van der Waals surface area (Å²) in [5, 5.41) is 8.72. The summed E-state index contributed by atoms with van der Waals surface area (Å²) in [4.78, 5) is -0.368. The van der Waals surface area contributed by atoms with Gasteiger partial charge in [0.15, 0.2) is 5.69 Å². The highest BCUT2D eigenvalue weighted by Crippen LogP contribution is 2.33. The van der Waals surface area contributed by atoms with Gasteiger partial charge >= 0.3 is 6.18 Å². The SMILES string of the molecule is Cc1cc(C)cc(COc2cc(C(F)(F)F)nn2-c2ccccc2S(N)(=O)=O)c1. The second kappa shape index (κ2) is 7.53. The number of alkyl halides is 3. The third-order valence-electron chi connectivity index (χ3n) is 4.04. The molecule has 154 valence electrons. The lowest BCUT2D eigenvalue weighted by Gasteiger charge is -2.12. The topological polar surface area (TPSA) is 87.2 Å². The van der Waals surface area contributed by atoms with E-state index in [-0.39, 0.29) is 23.1 Å². The first-order valence-corrected chi connectivity index (χ1v) is 9.99. The van der Waals surface area contributed by atoms with Gasteiger partial charge in [-0.15, -0.1) is 0 Å². The Hall–Kier alpha value is -2.85. The molecular weight excluding hydrogens is 407 g/mol. The fourth-order valence-corrected chi connectivity index (χ4v) is 3.67. The Morgan fingerprint density at radius 2 is 1.69 bits per heavy atom. The molecule has 0 bridgehead atoms. The van der Waals surface area contributed by atoms with Crippen LogP contribution in [0.2, 0.25) is 0 Å². The number of hydrogen-bond acceptors (Lipinski definition) is 4. The molecule has 10 heteroatoms. The quantitative estimate of drug-likeness (QED) is 0.675. The molecule has 2 aromatic carbocycles. The van der Waals surface area contributed by atoms with Crippen LogP contribution in [-0.4, -0.2) is 18.2 Å². The summed E-state index contributed by atoms with van der Waals surface area (Å²) < 4.78 is 69.8. The van der Waals surface area contributed by atoms with Crippen molar-refractivity contribution in [2.45, 2.75) is 31.5 Å². The maximum Gasteiger partial charge on any atom is 0.435 e. The van der Waals surface area contributed by atoms with Crippen molar-refractivity contribution in [3.05, 3.63) is 70.9 Å². The second-order valence-electron chi connectivity index (χ2n) is 6.57. The Bertz CT molecular complexity index is 1130. The fraction of sp³-hybridized carbons (Fsp3) is 0.211. The molecule has 0 spiro atoms. The monoisotopic (exact) mass is 425 g/mol. The van der Waals surface area contributed by atoms with E-state index < -0.39 is 21.9 Å². The largest absolute Gasteiger partial charge is 0.473 e. The number of hydrogen-bond donors (Lipinski definition) is 1. The van der Waals surface area contributed by atoms with E-state index in [1.165, 1.54) is 24.3 Å². The fourth-order valence-electron chi connectivity index (χ4n) is 2.96. The molecule has 3 aromatic rings. The van der Waals surface area contributed by atoms with Crippen molar-refractivity contribution < 1.29 is 26.3 Å². The molecular formula is C19H18F3N3O3S. The molecule has 0 amide bonds. The highest BCUT2D eigenvalue weighted by molar-refractivity contribution is 7.89. The van der Waals surface area contributed by atoms with Gasteiger partial charge in [-0.05, 0) is 31.5 Å². The average Bonchev–Trinajstić information content (AvgIpc) is 3.03. The number of benzene rings is 2. The summed E-state index contributed by atoms with van der Waals surface area (Å²) in [7, 11) is -4.20. The van der Waals surface area contributed by atoms with Crippen LogP contribution in [0.4, 0.5) is 13.2 Å². The number of halogens is 3. The van der Waals surface area contributed by atoms with Crippen LogP contribution in [0.5, 0.6) is 5.88 Å². The van der Waals surface area contributed by atoms with Gasteiger partial charge < -0.3 is 4.74 Å². The Morgan fingerprint density at radius 3 is 2.28 bits per heavy atom. The van der Waals surface area contributed by atoms with E-state index in [0.717, 1.165) is 27.4 Å². The van der Waals surface area contributed by atoms with Crippen molar-refractivity contribution in [2.75, 3.05) is 0 Å². The number of primary sulfonamides is 1. The smallest absolute Gasteiger partial charge is 0.435 e. The molecule has 0 unspecified atom stereocenters. The molecule has 0 saturated carbocycles. The zero-order valence-electron chi connectivity index (χ0n) is 15.6. The van der Waals surface area contributed by atoms with Crippen molar-refractivity contribution in [3.8, 4) is 11.6 Å². The Morgan fingerprint density at radius 1 is 1.07 bits per heavy atom. The van der Waals surface area contributed by atoms with Crippen LogP contribution in [0, 0.1) is 13.8 Å². The van der Waals surface area contributed by atoms with Gasteiger partial charge in [0, 0.05) is 6.07 Å². The van der Waals surface area contributed by atoms with E-state index in [2.05, 4.69) is 5.10 Å². The minimum atomic E-state index is -4.74. The molecule has 6 nitrogen and oxygen atoms in total. The second-order valence-corrected chi connectivity index (χ2v) is 8.10. The molecule has 0 fully saturated rings. The molecule has 3 rings (SSSR count). The molecule has 0 aliphatic carbocycles. The third kappa shape index (κ3) is 4.77. The van der Waals surface area contributed by atoms with Gasteiger partial charge in [-0.3, -0.25) is 0 Å². The van der Waals surface area contributed by atoms with Gasteiger partial charge in [-0.2, -0.15) is 23.0 Å². The normalized spacial score (nSPS) is 12.2. The molecule has 1 aromatic heterocycles. The first kappa shape index (κ1) is 20.9. The lowest BCUT2D eigenvalue weighted by molar-refractivity contribution is -0.141. The summed E-state index contributed by atoms with van der Waals surface area (Å²) in [6.45, 7) is 3.76. The number of rotatable bonds is 5. The first-order chi connectivity index (χ1) is 13.4. The van der Waals surface area contributed by atoms with E-state index in [9.17, 15) is 21.6 Å². The number of nitrogens with two attached hydrogens (primary N) is 1. The number of ether oxygens (including phenoxy) is 1. The number of para-hydroxylation sites is 1. The van der Waals surface area contributed by atoms with Crippen LogP contribution in [0.1, 0.15) is 22.4 Å². The van der Waals surface area contributed by atoms with Crippen LogP contribution in [0.25, 0.3) is 5.69 Å². The van der Waals surface area contributed by atoms with E-state index in [1.807, 2.05) is 32.0 Å². The van der Waals surface area contributed by atoms with Gasteiger partial charge in [0.25, 0.3) is 0 Å². The van der Waals surface area contributed by atoms with Gasteiger partial charge in [0.05, 0.1) is 5.69 Å². The van der Waals surface area contributed by atoms with Crippen LogP contribution in [0.15, 0.2) is 53.4 Å². The molecule has 2 N–H and O–H groups in total. The molecule has 0 radical (unpaired) electrons.